The van der Waals surface area contributed by atoms with E-state index in [2.05, 4.69) is 4.98 Å². The van der Waals surface area contributed by atoms with Gasteiger partial charge < -0.3 is 10.5 Å². The molecule has 1 aromatic heterocycles. The summed E-state index contributed by atoms with van der Waals surface area (Å²) in [4.78, 5) is 4.30. The van der Waals surface area contributed by atoms with Crippen molar-refractivity contribution < 1.29 is 4.74 Å². The van der Waals surface area contributed by atoms with Crippen molar-refractivity contribution in [1.82, 2.24) is 4.98 Å². The molecule has 0 spiro atoms. The quantitative estimate of drug-likeness (QED) is 0.772. The fourth-order valence-electron chi connectivity index (χ4n) is 1.92. The molecule has 0 saturated heterocycles. The highest BCUT2D eigenvalue weighted by molar-refractivity contribution is 5.63. The van der Waals surface area contributed by atoms with Crippen LogP contribution in [-0.2, 0) is 0 Å². The van der Waals surface area contributed by atoms with Gasteiger partial charge in [0.05, 0.1) is 5.69 Å². The predicted octanol–water partition coefficient (Wildman–Crippen LogP) is 4.12. The number of nitrogens with two attached hydrogens (primary N) is 1. The van der Waals surface area contributed by atoms with Crippen molar-refractivity contribution in [2.75, 3.05) is 5.73 Å². The minimum Gasteiger partial charge on any atom is -0.457 e. The number of nitrogen functional groups attached to an aromatic ring is 1. The van der Waals surface area contributed by atoms with Crippen molar-refractivity contribution in [3.05, 3.63) is 72.9 Å². The molecular weight excluding hydrogens is 248 g/mol. The molecule has 0 bridgehead atoms. The molecule has 3 aromatic rings. The molecule has 0 unspecified atom stereocenters. The second kappa shape index (κ2) is 5.45. The van der Waals surface area contributed by atoms with Crippen LogP contribution in [0.2, 0.25) is 0 Å². The highest BCUT2D eigenvalue weighted by Crippen LogP contribution is 2.25. The number of nitrogens with zero attached hydrogens (tertiary/aromatic N) is 1. The number of pyridine rings is 1. The number of hydrogen-bond donors (Lipinski definition) is 1. The summed E-state index contributed by atoms with van der Waals surface area (Å²) in [6.45, 7) is 0. The van der Waals surface area contributed by atoms with Crippen LogP contribution in [0.1, 0.15) is 0 Å². The number of rotatable bonds is 3. The van der Waals surface area contributed by atoms with Crippen LogP contribution in [0.5, 0.6) is 11.5 Å². The first-order chi connectivity index (χ1) is 9.81. The zero-order chi connectivity index (χ0) is 13.8. The van der Waals surface area contributed by atoms with Crippen LogP contribution in [-0.4, -0.2) is 4.98 Å². The normalized spacial score (nSPS) is 10.2. The van der Waals surface area contributed by atoms with Crippen molar-refractivity contribution in [3.63, 3.8) is 0 Å². The Bertz CT molecular complexity index is 694. The van der Waals surface area contributed by atoms with E-state index in [9.17, 15) is 0 Å². The van der Waals surface area contributed by atoms with Gasteiger partial charge in [0.1, 0.15) is 11.5 Å². The van der Waals surface area contributed by atoms with Gasteiger partial charge in [-0.3, -0.25) is 4.98 Å². The van der Waals surface area contributed by atoms with Crippen molar-refractivity contribution in [2.45, 2.75) is 0 Å². The number of anilines is 1. The summed E-state index contributed by atoms with van der Waals surface area (Å²) in [6.07, 6.45) is 1.71. The molecule has 2 aromatic carbocycles. The molecule has 98 valence electrons. The smallest absolute Gasteiger partial charge is 0.127 e. The Kier molecular flexibility index (Phi) is 3.33. The van der Waals surface area contributed by atoms with Crippen LogP contribution in [0.4, 0.5) is 5.69 Å². The van der Waals surface area contributed by atoms with E-state index in [0.29, 0.717) is 5.69 Å². The predicted molar refractivity (Wildman–Crippen MR) is 80.6 cm³/mol. The molecule has 0 atom stereocenters. The maximum atomic E-state index is 5.76. The summed E-state index contributed by atoms with van der Waals surface area (Å²) in [5.41, 5.74) is 8.34. The van der Waals surface area contributed by atoms with Gasteiger partial charge in [0.15, 0.2) is 0 Å². The number of aromatic nitrogens is 1. The summed E-state index contributed by atoms with van der Waals surface area (Å²) < 4.78 is 5.75. The van der Waals surface area contributed by atoms with E-state index in [0.717, 1.165) is 22.8 Å². The Balaban J connectivity index is 1.81. The minimum absolute atomic E-state index is 0.708. The molecule has 3 heteroatoms. The van der Waals surface area contributed by atoms with Crippen LogP contribution in [0.15, 0.2) is 72.9 Å². The Morgan fingerprint density at radius 3 is 2.20 bits per heavy atom. The Hall–Kier alpha value is -2.81. The van der Waals surface area contributed by atoms with E-state index in [1.165, 1.54) is 0 Å². The fourth-order valence-corrected chi connectivity index (χ4v) is 1.92. The maximum absolute atomic E-state index is 5.76. The first-order valence-electron chi connectivity index (χ1n) is 6.36. The third kappa shape index (κ3) is 2.78. The molecule has 20 heavy (non-hydrogen) atoms. The van der Waals surface area contributed by atoms with Gasteiger partial charge in [0.2, 0.25) is 0 Å². The molecular formula is C17H14N2O. The van der Waals surface area contributed by atoms with Gasteiger partial charge in [0.25, 0.3) is 0 Å². The highest BCUT2D eigenvalue weighted by Gasteiger charge is 2.01. The molecule has 3 rings (SSSR count). The molecule has 2 N–H and O–H groups in total. The van der Waals surface area contributed by atoms with Gasteiger partial charge in [-0.1, -0.05) is 18.2 Å². The van der Waals surface area contributed by atoms with Gasteiger partial charge >= 0.3 is 0 Å². The monoisotopic (exact) mass is 262 g/mol. The lowest BCUT2D eigenvalue weighted by Crippen LogP contribution is -1.89. The first-order valence-corrected chi connectivity index (χ1v) is 6.36. The van der Waals surface area contributed by atoms with Crippen LogP contribution in [0, 0.1) is 0 Å². The molecule has 0 amide bonds. The highest BCUT2D eigenvalue weighted by atomic mass is 16.5. The van der Waals surface area contributed by atoms with Gasteiger partial charge in [-0.05, 0) is 48.5 Å². The Morgan fingerprint density at radius 1 is 0.800 bits per heavy atom. The number of ether oxygens (including phenoxy) is 1. The lowest BCUT2D eigenvalue weighted by atomic mass is 10.1. The summed E-state index contributed by atoms with van der Waals surface area (Å²) in [5.74, 6) is 1.62. The van der Waals surface area contributed by atoms with E-state index >= 15 is 0 Å². The molecule has 0 saturated carbocycles. The fraction of sp³-hybridized carbons (Fsp3) is 0. The van der Waals surface area contributed by atoms with Crippen LogP contribution < -0.4 is 10.5 Å². The van der Waals surface area contributed by atoms with E-state index in [1.54, 1.807) is 12.3 Å². The first kappa shape index (κ1) is 12.2. The summed E-state index contributed by atoms with van der Waals surface area (Å²) in [7, 11) is 0. The van der Waals surface area contributed by atoms with Crippen LogP contribution >= 0.6 is 0 Å². The summed E-state index contributed by atoms with van der Waals surface area (Å²) in [5, 5.41) is 0. The van der Waals surface area contributed by atoms with E-state index in [-0.39, 0.29) is 0 Å². The van der Waals surface area contributed by atoms with Gasteiger partial charge in [-0.15, -0.1) is 0 Å². The average Bonchev–Trinajstić information content (AvgIpc) is 2.49. The Labute approximate surface area is 117 Å². The number of benzene rings is 2. The lowest BCUT2D eigenvalue weighted by molar-refractivity contribution is 0.483. The molecule has 1 heterocycles. The van der Waals surface area contributed by atoms with E-state index in [4.69, 9.17) is 10.5 Å². The van der Waals surface area contributed by atoms with Gasteiger partial charge in [0, 0.05) is 17.4 Å². The average molecular weight is 262 g/mol. The van der Waals surface area contributed by atoms with Gasteiger partial charge in [-0.2, -0.15) is 0 Å². The topological polar surface area (TPSA) is 48.1 Å². The SMILES string of the molecule is Nc1ccnc(-c2ccc(Oc3ccccc3)cc2)c1. The zero-order valence-electron chi connectivity index (χ0n) is 10.9. The molecule has 0 aliphatic carbocycles. The van der Waals surface area contributed by atoms with Crippen molar-refractivity contribution in [2.24, 2.45) is 0 Å². The second-order valence-electron chi connectivity index (χ2n) is 4.41. The molecule has 0 radical (unpaired) electrons. The standard InChI is InChI=1S/C17H14N2O/c18-14-10-11-19-17(12-14)13-6-8-16(9-7-13)20-15-4-2-1-3-5-15/h1-12H,(H2,18,19). The third-order valence-corrected chi connectivity index (χ3v) is 2.91. The van der Waals surface area contributed by atoms with Crippen LogP contribution in [0.25, 0.3) is 11.3 Å². The number of para-hydroxylation sites is 1. The molecule has 3 nitrogen and oxygen atoms in total. The van der Waals surface area contributed by atoms with Crippen molar-refractivity contribution in [3.8, 4) is 22.8 Å². The van der Waals surface area contributed by atoms with Crippen LogP contribution in [0.3, 0.4) is 0 Å². The zero-order valence-corrected chi connectivity index (χ0v) is 10.9. The minimum atomic E-state index is 0.708. The van der Waals surface area contributed by atoms with Gasteiger partial charge in [-0.25, -0.2) is 0 Å². The summed E-state index contributed by atoms with van der Waals surface area (Å²) >= 11 is 0. The maximum Gasteiger partial charge on any atom is 0.127 e. The molecule has 0 aliphatic rings. The molecule has 0 fully saturated rings. The molecule has 0 aliphatic heterocycles. The van der Waals surface area contributed by atoms with E-state index < -0.39 is 0 Å². The van der Waals surface area contributed by atoms with Crippen molar-refractivity contribution >= 4 is 5.69 Å². The Morgan fingerprint density at radius 2 is 1.50 bits per heavy atom. The summed E-state index contributed by atoms with van der Waals surface area (Å²) in [6, 6.07) is 21.1. The third-order valence-electron chi connectivity index (χ3n) is 2.91. The van der Waals surface area contributed by atoms with E-state index in [1.807, 2.05) is 60.7 Å². The van der Waals surface area contributed by atoms with Crippen molar-refractivity contribution in [1.29, 1.82) is 0 Å². The second-order valence-corrected chi connectivity index (χ2v) is 4.41. The largest absolute Gasteiger partial charge is 0.457 e. The number of hydrogen-bond acceptors (Lipinski definition) is 3. The lowest BCUT2D eigenvalue weighted by Gasteiger charge is -2.06.